The number of esters is 1. The summed E-state index contributed by atoms with van der Waals surface area (Å²) in [7, 11) is 0. The standard InChI is InChI=1S/C24H22N2O4S/c27-22(17-8-2-1-3-9-17)25-18-10-6-11-19(16-18)30-24(29)20-12-4-5-14-26(20)23(28)21-13-7-15-31-21/h1-3,6-11,13,15-16,20H,4-5,12,14H2,(H,25,27). The van der Waals surface area contributed by atoms with Crippen LogP contribution in [0.3, 0.4) is 0 Å². The second kappa shape index (κ2) is 9.57. The van der Waals surface area contributed by atoms with Crippen molar-refractivity contribution in [1.29, 1.82) is 0 Å². The van der Waals surface area contributed by atoms with E-state index in [1.807, 2.05) is 17.5 Å². The van der Waals surface area contributed by atoms with Gasteiger partial charge >= 0.3 is 5.97 Å². The Morgan fingerprint density at radius 3 is 2.58 bits per heavy atom. The number of carbonyl (C=O) groups is 3. The SMILES string of the molecule is O=C(Nc1cccc(OC(=O)C2CCCCN2C(=O)c2cccs2)c1)c1ccccc1. The summed E-state index contributed by atoms with van der Waals surface area (Å²) >= 11 is 1.36. The van der Waals surface area contributed by atoms with Gasteiger partial charge in [0.2, 0.25) is 0 Å². The molecule has 7 heteroatoms. The number of hydrogen-bond donors (Lipinski definition) is 1. The van der Waals surface area contributed by atoms with Crippen LogP contribution in [0.5, 0.6) is 5.75 Å². The molecule has 0 radical (unpaired) electrons. The Balaban J connectivity index is 1.44. The Labute approximate surface area is 184 Å². The second-order valence-corrected chi connectivity index (χ2v) is 8.20. The van der Waals surface area contributed by atoms with Crippen molar-refractivity contribution in [1.82, 2.24) is 4.90 Å². The molecule has 6 nitrogen and oxygen atoms in total. The van der Waals surface area contributed by atoms with Crippen LogP contribution in [-0.2, 0) is 4.79 Å². The maximum Gasteiger partial charge on any atom is 0.334 e. The minimum Gasteiger partial charge on any atom is -0.425 e. The molecule has 3 aromatic rings. The van der Waals surface area contributed by atoms with Crippen LogP contribution in [0.1, 0.15) is 39.3 Å². The normalized spacial score (nSPS) is 15.9. The number of likely N-dealkylation sites (tertiary alicyclic amines) is 1. The van der Waals surface area contributed by atoms with Gasteiger partial charge in [0.25, 0.3) is 11.8 Å². The van der Waals surface area contributed by atoms with Crippen LogP contribution in [0.2, 0.25) is 0 Å². The average molecular weight is 435 g/mol. The van der Waals surface area contributed by atoms with Crippen LogP contribution in [0.4, 0.5) is 5.69 Å². The van der Waals surface area contributed by atoms with Crippen molar-refractivity contribution < 1.29 is 19.1 Å². The van der Waals surface area contributed by atoms with E-state index in [1.54, 1.807) is 59.5 Å². The molecule has 1 aliphatic heterocycles. The predicted octanol–water partition coefficient (Wildman–Crippen LogP) is 4.60. The van der Waals surface area contributed by atoms with Gasteiger partial charge in [-0.25, -0.2) is 4.79 Å². The van der Waals surface area contributed by atoms with E-state index in [9.17, 15) is 14.4 Å². The molecular formula is C24H22N2O4S. The minimum absolute atomic E-state index is 0.138. The van der Waals surface area contributed by atoms with Gasteiger partial charge in [-0.05, 0) is 55.0 Å². The predicted molar refractivity (Wildman–Crippen MR) is 119 cm³/mol. The number of nitrogens with one attached hydrogen (secondary N) is 1. The number of thiophene rings is 1. The first kappa shape index (κ1) is 20.8. The molecule has 31 heavy (non-hydrogen) atoms. The maximum atomic E-state index is 12.9. The van der Waals surface area contributed by atoms with E-state index in [-0.39, 0.29) is 11.8 Å². The zero-order valence-electron chi connectivity index (χ0n) is 16.8. The van der Waals surface area contributed by atoms with Gasteiger partial charge in [0.15, 0.2) is 0 Å². The molecule has 0 spiro atoms. The number of benzene rings is 2. The summed E-state index contributed by atoms with van der Waals surface area (Å²) < 4.78 is 5.60. The quantitative estimate of drug-likeness (QED) is 0.470. The van der Waals surface area contributed by atoms with Crippen LogP contribution in [-0.4, -0.2) is 35.3 Å². The number of rotatable bonds is 5. The number of piperidine rings is 1. The summed E-state index contributed by atoms with van der Waals surface area (Å²) in [6, 6.07) is 18.5. The monoisotopic (exact) mass is 434 g/mol. The van der Waals surface area contributed by atoms with E-state index in [0.29, 0.717) is 34.8 Å². The molecule has 1 aromatic heterocycles. The zero-order chi connectivity index (χ0) is 21.6. The Hall–Kier alpha value is -3.45. The molecule has 2 amide bonds. The molecule has 0 bridgehead atoms. The fourth-order valence-electron chi connectivity index (χ4n) is 3.58. The smallest absolute Gasteiger partial charge is 0.334 e. The Bertz CT molecular complexity index is 1070. The third-order valence-corrected chi connectivity index (χ3v) is 5.97. The Kier molecular flexibility index (Phi) is 6.43. The number of anilines is 1. The zero-order valence-corrected chi connectivity index (χ0v) is 17.6. The van der Waals surface area contributed by atoms with Crippen LogP contribution < -0.4 is 10.1 Å². The van der Waals surface area contributed by atoms with Gasteiger partial charge in [-0.2, -0.15) is 0 Å². The number of hydrogen-bond acceptors (Lipinski definition) is 5. The number of nitrogens with zero attached hydrogens (tertiary/aromatic N) is 1. The molecule has 1 N–H and O–H groups in total. The lowest BCUT2D eigenvalue weighted by molar-refractivity contribution is -0.140. The van der Waals surface area contributed by atoms with Gasteiger partial charge in [0, 0.05) is 23.9 Å². The molecule has 1 saturated heterocycles. The topological polar surface area (TPSA) is 75.7 Å². The summed E-state index contributed by atoms with van der Waals surface area (Å²) in [5.74, 6) is -0.522. The molecule has 1 atom stereocenters. The highest BCUT2D eigenvalue weighted by Gasteiger charge is 2.34. The molecule has 158 valence electrons. The van der Waals surface area contributed by atoms with Gasteiger partial charge < -0.3 is 15.0 Å². The van der Waals surface area contributed by atoms with Crippen molar-refractivity contribution in [2.75, 3.05) is 11.9 Å². The summed E-state index contributed by atoms with van der Waals surface area (Å²) in [5.41, 5.74) is 1.06. The Morgan fingerprint density at radius 2 is 1.81 bits per heavy atom. The molecule has 2 aromatic carbocycles. The van der Waals surface area contributed by atoms with Crippen LogP contribution in [0.15, 0.2) is 72.1 Å². The first-order chi connectivity index (χ1) is 15.1. The highest BCUT2D eigenvalue weighted by molar-refractivity contribution is 7.12. The van der Waals surface area contributed by atoms with E-state index in [1.165, 1.54) is 11.3 Å². The van der Waals surface area contributed by atoms with Crippen molar-refractivity contribution in [3.8, 4) is 5.75 Å². The van der Waals surface area contributed by atoms with E-state index in [2.05, 4.69) is 5.32 Å². The molecule has 0 saturated carbocycles. The molecule has 1 aliphatic rings. The maximum absolute atomic E-state index is 12.9. The highest BCUT2D eigenvalue weighted by atomic mass is 32.1. The van der Waals surface area contributed by atoms with Crippen molar-refractivity contribution in [3.63, 3.8) is 0 Å². The van der Waals surface area contributed by atoms with Gasteiger partial charge in [-0.3, -0.25) is 9.59 Å². The second-order valence-electron chi connectivity index (χ2n) is 7.26. The minimum atomic E-state index is -0.620. The molecular weight excluding hydrogens is 412 g/mol. The van der Waals surface area contributed by atoms with Crippen LogP contribution in [0, 0.1) is 0 Å². The number of amides is 2. The van der Waals surface area contributed by atoms with Gasteiger partial charge in [0.05, 0.1) is 4.88 Å². The fraction of sp³-hybridized carbons (Fsp3) is 0.208. The molecule has 0 aliphatic carbocycles. The largest absolute Gasteiger partial charge is 0.425 e. The third-order valence-electron chi connectivity index (χ3n) is 5.11. The van der Waals surface area contributed by atoms with Crippen LogP contribution >= 0.6 is 11.3 Å². The van der Waals surface area contributed by atoms with Crippen molar-refractivity contribution in [2.24, 2.45) is 0 Å². The molecule has 2 heterocycles. The molecule has 1 unspecified atom stereocenters. The highest BCUT2D eigenvalue weighted by Crippen LogP contribution is 2.25. The average Bonchev–Trinajstić information content (AvgIpc) is 3.34. The summed E-state index contributed by atoms with van der Waals surface area (Å²) in [6.07, 6.45) is 2.30. The lowest BCUT2D eigenvalue weighted by Crippen LogP contribution is -2.49. The van der Waals surface area contributed by atoms with E-state index < -0.39 is 12.0 Å². The van der Waals surface area contributed by atoms with Crippen molar-refractivity contribution >= 4 is 34.8 Å². The molecule has 1 fully saturated rings. The van der Waals surface area contributed by atoms with Gasteiger partial charge in [0.1, 0.15) is 11.8 Å². The molecule has 4 rings (SSSR count). The summed E-state index contributed by atoms with van der Waals surface area (Å²) in [6.45, 7) is 0.531. The van der Waals surface area contributed by atoms with Gasteiger partial charge in [-0.1, -0.05) is 30.3 Å². The lowest BCUT2D eigenvalue weighted by Gasteiger charge is -2.33. The number of carbonyl (C=O) groups excluding carboxylic acids is 3. The number of ether oxygens (including phenoxy) is 1. The van der Waals surface area contributed by atoms with Crippen molar-refractivity contribution in [3.05, 3.63) is 82.6 Å². The first-order valence-electron chi connectivity index (χ1n) is 10.1. The van der Waals surface area contributed by atoms with E-state index in [0.717, 1.165) is 12.8 Å². The Morgan fingerprint density at radius 1 is 0.968 bits per heavy atom. The summed E-state index contributed by atoms with van der Waals surface area (Å²) in [4.78, 5) is 40.3. The van der Waals surface area contributed by atoms with Gasteiger partial charge in [-0.15, -0.1) is 11.3 Å². The van der Waals surface area contributed by atoms with E-state index in [4.69, 9.17) is 4.74 Å². The first-order valence-corrected chi connectivity index (χ1v) is 11.0. The van der Waals surface area contributed by atoms with Crippen molar-refractivity contribution in [2.45, 2.75) is 25.3 Å². The van der Waals surface area contributed by atoms with Crippen LogP contribution in [0.25, 0.3) is 0 Å². The van der Waals surface area contributed by atoms with E-state index >= 15 is 0 Å². The summed E-state index contributed by atoms with van der Waals surface area (Å²) in [5, 5.41) is 4.65. The lowest BCUT2D eigenvalue weighted by atomic mass is 10.0. The fourth-order valence-corrected chi connectivity index (χ4v) is 4.25. The third kappa shape index (κ3) is 5.00.